The van der Waals surface area contributed by atoms with Crippen LogP contribution in [0.2, 0.25) is 0 Å². The van der Waals surface area contributed by atoms with Crippen molar-refractivity contribution in [1.82, 2.24) is 5.32 Å². The Balaban J connectivity index is 4.06. The van der Waals surface area contributed by atoms with Crippen LogP contribution >= 0.6 is 15.9 Å². The number of carbonyl (C=O) groups is 2. The summed E-state index contributed by atoms with van der Waals surface area (Å²) in [7, 11) is 1.35. The third-order valence-electron chi connectivity index (χ3n) is 2.57. The second kappa shape index (κ2) is 10.4. The van der Waals surface area contributed by atoms with E-state index in [1.165, 1.54) is 7.11 Å². The third kappa shape index (κ3) is 8.50. The van der Waals surface area contributed by atoms with Gasteiger partial charge in [0, 0.05) is 11.8 Å². The van der Waals surface area contributed by atoms with Crippen LogP contribution in [0.15, 0.2) is 0 Å². The number of carbonyl (C=O) groups excluding carboxylic acids is 2. The summed E-state index contributed by atoms with van der Waals surface area (Å²) in [5, 5.41) is 3.72. The van der Waals surface area contributed by atoms with Gasteiger partial charge in [0.15, 0.2) is 0 Å². The predicted molar refractivity (Wildman–Crippen MR) is 75.7 cm³/mol. The van der Waals surface area contributed by atoms with E-state index in [1.54, 1.807) is 0 Å². The van der Waals surface area contributed by atoms with E-state index < -0.39 is 6.04 Å². The number of nitrogens with one attached hydrogen (secondary N) is 1. The molecule has 18 heavy (non-hydrogen) atoms. The molecular weight excluding hydrogens is 298 g/mol. The molecule has 0 unspecified atom stereocenters. The second-order valence-electron chi connectivity index (χ2n) is 4.77. The fourth-order valence-corrected chi connectivity index (χ4v) is 2.05. The van der Waals surface area contributed by atoms with Gasteiger partial charge >= 0.3 is 5.97 Å². The van der Waals surface area contributed by atoms with Gasteiger partial charge in [-0.25, -0.2) is 4.79 Å². The molecule has 0 rings (SSSR count). The van der Waals surface area contributed by atoms with Crippen LogP contribution in [0, 0.1) is 5.92 Å². The monoisotopic (exact) mass is 321 g/mol. The molecule has 0 aromatic heterocycles. The summed E-state index contributed by atoms with van der Waals surface area (Å²) < 4.78 is 4.70. The predicted octanol–water partition coefficient (Wildman–Crippen LogP) is 2.65. The lowest BCUT2D eigenvalue weighted by molar-refractivity contribution is -0.145. The van der Waals surface area contributed by atoms with Gasteiger partial charge in [0.25, 0.3) is 0 Å². The van der Waals surface area contributed by atoms with Crippen LogP contribution in [0.25, 0.3) is 0 Å². The summed E-state index contributed by atoms with van der Waals surface area (Å²) in [5.74, 6) is -0.0964. The largest absolute Gasteiger partial charge is 0.467 e. The Bertz CT molecular complexity index is 257. The lowest BCUT2D eigenvalue weighted by Gasteiger charge is -2.18. The summed E-state index contributed by atoms with van der Waals surface area (Å²) in [4.78, 5) is 23.2. The van der Waals surface area contributed by atoms with Gasteiger partial charge in [0.2, 0.25) is 5.91 Å². The number of unbranched alkanes of at least 4 members (excludes halogenated alkanes) is 2. The number of amides is 1. The van der Waals surface area contributed by atoms with Crippen molar-refractivity contribution in [3.63, 3.8) is 0 Å². The highest BCUT2D eigenvalue weighted by atomic mass is 79.9. The molecule has 0 heterocycles. The van der Waals surface area contributed by atoms with Crippen molar-refractivity contribution in [3.8, 4) is 0 Å². The molecular formula is C13H24BrNO3. The number of hydrogen-bond acceptors (Lipinski definition) is 3. The molecule has 106 valence electrons. The minimum atomic E-state index is -0.515. The maximum atomic E-state index is 11.7. The molecule has 0 aliphatic carbocycles. The van der Waals surface area contributed by atoms with Gasteiger partial charge in [-0.1, -0.05) is 36.2 Å². The molecule has 4 nitrogen and oxygen atoms in total. The topological polar surface area (TPSA) is 55.4 Å². The fraction of sp³-hybridized carbons (Fsp3) is 0.846. The first-order valence-corrected chi connectivity index (χ1v) is 7.56. The summed E-state index contributed by atoms with van der Waals surface area (Å²) in [6.45, 7) is 4.02. The first-order chi connectivity index (χ1) is 8.51. The van der Waals surface area contributed by atoms with Crippen LogP contribution in [0.5, 0.6) is 0 Å². The molecule has 0 fully saturated rings. The Morgan fingerprint density at radius 2 is 1.89 bits per heavy atom. The zero-order chi connectivity index (χ0) is 14.0. The smallest absolute Gasteiger partial charge is 0.328 e. The lowest BCUT2D eigenvalue weighted by Crippen LogP contribution is -2.42. The number of rotatable bonds is 9. The Labute approximate surface area is 118 Å². The molecule has 0 saturated carbocycles. The van der Waals surface area contributed by atoms with Crippen molar-refractivity contribution in [1.29, 1.82) is 0 Å². The first-order valence-electron chi connectivity index (χ1n) is 6.44. The SMILES string of the molecule is COC(=O)[C@H](CC(C)C)NC(=O)CCCCCBr. The molecule has 1 N–H and O–H groups in total. The van der Waals surface area contributed by atoms with Gasteiger partial charge in [-0.05, 0) is 25.2 Å². The molecule has 0 bridgehead atoms. The van der Waals surface area contributed by atoms with Gasteiger partial charge < -0.3 is 10.1 Å². The Hall–Kier alpha value is -0.580. The highest BCUT2D eigenvalue weighted by molar-refractivity contribution is 9.09. The van der Waals surface area contributed by atoms with Crippen molar-refractivity contribution < 1.29 is 14.3 Å². The van der Waals surface area contributed by atoms with E-state index in [0.717, 1.165) is 24.6 Å². The molecule has 0 aromatic carbocycles. The maximum Gasteiger partial charge on any atom is 0.328 e. The van der Waals surface area contributed by atoms with E-state index in [4.69, 9.17) is 4.74 Å². The number of esters is 1. The molecule has 0 spiro atoms. The first kappa shape index (κ1) is 17.4. The van der Waals surface area contributed by atoms with E-state index >= 15 is 0 Å². The molecule has 0 radical (unpaired) electrons. The Kier molecular flexibility index (Phi) is 10.0. The molecule has 1 atom stereocenters. The van der Waals surface area contributed by atoms with Crippen LogP contribution < -0.4 is 5.32 Å². The van der Waals surface area contributed by atoms with Crippen LogP contribution in [0.1, 0.15) is 46.0 Å². The fourth-order valence-electron chi connectivity index (χ4n) is 1.65. The zero-order valence-corrected chi connectivity index (χ0v) is 13.1. The summed E-state index contributed by atoms with van der Waals surface area (Å²) in [6.07, 6.45) is 4.02. The van der Waals surface area contributed by atoms with Crippen LogP contribution in [0.4, 0.5) is 0 Å². The summed E-state index contributed by atoms with van der Waals surface area (Å²) in [6, 6.07) is -0.515. The minimum Gasteiger partial charge on any atom is -0.467 e. The molecule has 5 heteroatoms. The van der Waals surface area contributed by atoms with Crippen LogP contribution in [-0.4, -0.2) is 30.4 Å². The quantitative estimate of drug-likeness (QED) is 0.403. The Morgan fingerprint density at radius 3 is 2.39 bits per heavy atom. The average molecular weight is 322 g/mol. The second-order valence-corrected chi connectivity index (χ2v) is 5.57. The van der Waals surface area contributed by atoms with Gasteiger partial charge in [0.05, 0.1) is 7.11 Å². The van der Waals surface area contributed by atoms with Crippen molar-refractivity contribution in [2.75, 3.05) is 12.4 Å². The van der Waals surface area contributed by atoms with E-state index in [0.29, 0.717) is 18.8 Å². The van der Waals surface area contributed by atoms with Crippen molar-refractivity contribution >= 4 is 27.8 Å². The molecule has 0 aromatic rings. The third-order valence-corrected chi connectivity index (χ3v) is 3.13. The highest BCUT2D eigenvalue weighted by Crippen LogP contribution is 2.07. The highest BCUT2D eigenvalue weighted by Gasteiger charge is 2.22. The van der Waals surface area contributed by atoms with Crippen LogP contribution in [0.3, 0.4) is 0 Å². The summed E-state index contributed by atoms with van der Waals surface area (Å²) >= 11 is 3.35. The van der Waals surface area contributed by atoms with Crippen molar-refractivity contribution in [2.45, 2.75) is 52.0 Å². The van der Waals surface area contributed by atoms with E-state index in [-0.39, 0.29) is 11.9 Å². The average Bonchev–Trinajstić information content (AvgIpc) is 2.32. The number of ether oxygens (including phenoxy) is 1. The van der Waals surface area contributed by atoms with Gasteiger partial charge in [-0.2, -0.15) is 0 Å². The van der Waals surface area contributed by atoms with Gasteiger partial charge in [-0.3, -0.25) is 4.79 Å². The standard InChI is InChI=1S/C13H24BrNO3/c1-10(2)9-11(13(17)18-3)15-12(16)7-5-4-6-8-14/h10-11H,4-9H2,1-3H3,(H,15,16)/t11-/m0/s1. The van der Waals surface area contributed by atoms with Gasteiger partial charge in [0.1, 0.15) is 6.04 Å². The Morgan fingerprint density at radius 1 is 1.22 bits per heavy atom. The normalized spacial score (nSPS) is 12.3. The molecule has 0 aliphatic heterocycles. The molecule has 0 aliphatic rings. The number of methoxy groups -OCH3 is 1. The summed E-state index contributed by atoms with van der Waals surface area (Å²) in [5.41, 5.74) is 0. The maximum absolute atomic E-state index is 11.7. The lowest BCUT2D eigenvalue weighted by atomic mass is 10.0. The molecule has 1 amide bonds. The zero-order valence-electron chi connectivity index (χ0n) is 11.5. The van der Waals surface area contributed by atoms with E-state index in [1.807, 2.05) is 13.8 Å². The van der Waals surface area contributed by atoms with Crippen molar-refractivity contribution in [2.24, 2.45) is 5.92 Å². The number of halogens is 1. The van der Waals surface area contributed by atoms with Crippen LogP contribution in [-0.2, 0) is 14.3 Å². The number of hydrogen-bond donors (Lipinski definition) is 1. The van der Waals surface area contributed by atoms with E-state index in [2.05, 4.69) is 21.2 Å². The number of alkyl halides is 1. The van der Waals surface area contributed by atoms with Crippen molar-refractivity contribution in [3.05, 3.63) is 0 Å². The minimum absolute atomic E-state index is 0.0689. The molecule has 0 saturated heterocycles. The van der Waals surface area contributed by atoms with Gasteiger partial charge in [-0.15, -0.1) is 0 Å². The van der Waals surface area contributed by atoms with E-state index in [9.17, 15) is 9.59 Å².